The second-order valence-electron chi connectivity index (χ2n) is 6.22. The first-order chi connectivity index (χ1) is 10.5. The number of hydrogen-bond donors (Lipinski definition) is 1. The standard InChI is InChI=1S/C17H27NO4/c1-2-17(22)13-9-12(10-16(21)11-13)3-4-14(19)5-6-15(20)7-8-18/h12-13H,2-11,18H2,1H3. The first-order valence-electron chi connectivity index (χ1n) is 8.24. The minimum Gasteiger partial charge on any atom is -0.330 e. The molecule has 0 amide bonds. The normalized spacial score (nSPS) is 21.6. The summed E-state index contributed by atoms with van der Waals surface area (Å²) in [7, 11) is 0. The second kappa shape index (κ2) is 9.62. The van der Waals surface area contributed by atoms with Gasteiger partial charge in [0.1, 0.15) is 23.1 Å². The molecule has 1 saturated carbocycles. The zero-order valence-electron chi connectivity index (χ0n) is 13.4. The molecule has 0 aromatic heterocycles. The molecular formula is C17H27NO4. The summed E-state index contributed by atoms with van der Waals surface area (Å²) in [6.45, 7) is 2.14. The lowest BCUT2D eigenvalue weighted by atomic mass is 9.76. The Morgan fingerprint density at radius 1 is 1.05 bits per heavy atom. The molecule has 0 bridgehead atoms. The van der Waals surface area contributed by atoms with Crippen molar-refractivity contribution in [2.75, 3.05) is 6.54 Å². The van der Waals surface area contributed by atoms with Gasteiger partial charge < -0.3 is 5.73 Å². The second-order valence-corrected chi connectivity index (χ2v) is 6.22. The van der Waals surface area contributed by atoms with Gasteiger partial charge in [-0.3, -0.25) is 19.2 Å². The summed E-state index contributed by atoms with van der Waals surface area (Å²) in [5, 5.41) is 0. The summed E-state index contributed by atoms with van der Waals surface area (Å²) >= 11 is 0. The smallest absolute Gasteiger partial charge is 0.136 e. The third-order valence-corrected chi connectivity index (χ3v) is 4.35. The fraction of sp³-hybridized carbons (Fsp3) is 0.765. The molecule has 1 aliphatic carbocycles. The molecule has 2 N–H and O–H groups in total. The maximum Gasteiger partial charge on any atom is 0.136 e. The van der Waals surface area contributed by atoms with Crippen LogP contribution in [0.1, 0.15) is 64.7 Å². The van der Waals surface area contributed by atoms with Gasteiger partial charge in [0, 0.05) is 50.9 Å². The maximum absolute atomic E-state index is 11.8. The van der Waals surface area contributed by atoms with E-state index >= 15 is 0 Å². The molecule has 0 aromatic rings. The van der Waals surface area contributed by atoms with E-state index in [-0.39, 0.29) is 47.8 Å². The molecule has 1 fully saturated rings. The molecule has 2 atom stereocenters. The highest BCUT2D eigenvalue weighted by molar-refractivity contribution is 5.89. The van der Waals surface area contributed by atoms with Crippen LogP contribution >= 0.6 is 0 Å². The minimum absolute atomic E-state index is 0.0253. The van der Waals surface area contributed by atoms with Crippen LogP contribution < -0.4 is 5.73 Å². The van der Waals surface area contributed by atoms with Crippen LogP contribution in [0.5, 0.6) is 0 Å². The van der Waals surface area contributed by atoms with Gasteiger partial charge in [-0.1, -0.05) is 6.92 Å². The van der Waals surface area contributed by atoms with E-state index in [1.165, 1.54) is 0 Å². The first kappa shape index (κ1) is 18.7. The molecule has 0 aromatic carbocycles. The Morgan fingerprint density at radius 3 is 2.27 bits per heavy atom. The molecule has 0 saturated heterocycles. The van der Waals surface area contributed by atoms with Gasteiger partial charge in [-0.25, -0.2) is 0 Å². The number of carbonyl (C=O) groups is 4. The van der Waals surface area contributed by atoms with Crippen LogP contribution in [0.3, 0.4) is 0 Å². The SMILES string of the molecule is CCC(=O)C1CC(=O)CC(CCC(=O)CCC(=O)CCN)C1. The number of ketones is 4. The van der Waals surface area contributed by atoms with E-state index in [0.29, 0.717) is 45.1 Å². The molecule has 1 aliphatic rings. The van der Waals surface area contributed by atoms with Crippen LogP contribution in [-0.2, 0) is 19.2 Å². The highest BCUT2D eigenvalue weighted by Crippen LogP contribution is 2.31. The topological polar surface area (TPSA) is 94.3 Å². The van der Waals surface area contributed by atoms with Crippen molar-refractivity contribution in [3.63, 3.8) is 0 Å². The van der Waals surface area contributed by atoms with E-state index in [4.69, 9.17) is 5.73 Å². The molecule has 0 heterocycles. The van der Waals surface area contributed by atoms with Crippen LogP contribution in [-0.4, -0.2) is 29.7 Å². The molecule has 0 aliphatic heterocycles. The summed E-state index contributed by atoms with van der Waals surface area (Å²) in [5.41, 5.74) is 5.29. The van der Waals surface area contributed by atoms with Crippen molar-refractivity contribution >= 4 is 23.1 Å². The third-order valence-electron chi connectivity index (χ3n) is 4.35. The molecule has 2 unspecified atom stereocenters. The monoisotopic (exact) mass is 309 g/mol. The summed E-state index contributed by atoms with van der Waals surface area (Å²) in [5.74, 6) is 0.340. The van der Waals surface area contributed by atoms with E-state index in [2.05, 4.69) is 0 Å². The van der Waals surface area contributed by atoms with E-state index in [0.717, 1.165) is 6.42 Å². The fourth-order valence-electron chi connectivity index (χ4n) is 3.06. The van der Waals surface area contributed by atoms with Crippen molar-refractivity contribution in [3.8, 4) is 0 Å². The zero-order valence-corrected chi connectivity index (χ0v) is 13.4. The van der Waals surface area contributed by atoms with Crippen molar-refractivity contribution in [3.05, 3.63) is 0 Å². The maximum atomic E-state index is 11.8. The van der Waals surface area contributed by atoms with Crippen molar-refractivity contribution < 1.29 is 19.2 Å². The van der Waals surface area contributed by atoms with Gasteiger partial charge in [0.25, 0.3) is 0 Å². The van der Waals surface area contributed by atoms with Crippen LogP contribution in [0.4, 0.5) is 0 Å². The number of carbonyl (C=O) groups excluding carboxylic acids is 4. The van der Waals surface area contributed by atoms with Gasteiger partial charge in [0.15, 0.2) is 0 Å². The van der Waals surface area contributed by atoms with Crippen molar-refractivity contribution in [2.24, 2.45) is 17.6 Å². The summed E-state index contributed by atoms with van der Waals surface area (Å²) in [4.78, 5) is 46.7. The number of Topliss-reactive ketones (excluding diaryl/α,β-unsaturated/α-hetero) is 4. The zero-order chi connectivity index (χ0) is 16.5. The quantitative estimate of drug-likeness (QED) is 0.666. The third kappa shape index (κ3) is 6.60. The van der Waals surface area contributed by atoms with Crippen LogP contribution in [0.25, 0.3) is 0 Å². The number of nitrogens with two attached hydrogens (primary N) is 1. The fourth-order valence-corrected chi connectivity index (χ4v) is 3.06. The average Bonchev–Trinajstić information content (AvgIpc) is 2.49. The number of hydrogen-bond acceptors (Lipinski definition) is 5. The lowest BCUT2D eigenvalue weighted by Crippen LogP contribution is -2.28. The Labute approximate surface area is 132 Å². The van der Waals surface area contributed by atoms with Crippen LogP contribution in [0.2, 0.25) is 0 Å². The van der Waals surface area contributed by atoms with Crippen LogP contribution in [0, 0.1) is 11.8 Å². The average molecular weight is 309 g/mol. The lowest BCUT2D eigenvalue weighted by Gasteiger charge is -2.27. The largest absolute Gasteiger partial charge is 0.330 e. The summed E-state index contributed by atoms with van der Waals surface area (Å²) in [6.07, 6.45) is 3.91. The van der Waals surface area contributed by atoms with Gasteiger partial charge in [-0.2, -0.15) is 0 Å². The molecule has 5 nitrogen and oxygen atoms in total. The summed E-state index contributed by atoms with van der Waals surface area (Å²) in [6, 6.07) is 0. The molecule has 0 radical (unpaired) electrons. The molecule has 22 heavy (non-hydrogen) atoms. The van der Waals surface area contributed by atoms with Crippen molar-refractivity contribution in [1.82, 2.24) is 0 Å². The van der Waals surface area contributed by atoms with Gasteiger partial charge in [-0.15, -0.1) is 0 Å². The van der Waals surface area contributed by atoms with Gasteiger partial charge in [0.05, 0.1) is 0 Å². The minimum atomic E-state index is -0.155. The Morgan fingerprint density at radius 2 is 1.68 bits per heavy atom. The molecule has 124 valence electrons. The molecule has 0 spiro atoms. The first-order valence-corrected chi connectivity index (χ1v) is 8.24. The number of rotatable bonds is 10. The summed E-state index contributed by atoms with van der Waals surface area (Å²) < 4.78 is 0. The van der Waals surface area contributed by atoms with Gasteiger partial charge >= 0.3 is 0 Å². The van der Waals surface area contributed by atoms with E-state index in [1.807, 2.05) is 6.92 Å². The van der Waals surface area contributed by atoms with Crippen molar-refractivity contribution in [2.45, 2.75) is 64.7 Å². The molecule has 5 heteroatoms. The Kier molecular flexibility index (Phi) is 8.17. The van der Waals surface area contributed by atoms with E-state index in [9.17, 15) is 19.2 Å². The Hall–Kier alpha value is -1.36. The molecule has 1 rings (SSSR count). The Balaban J connectivity index is 2.33. The molecular weight excluding hydrogens is 282 g/mol. The Bertz CT molecular complexity index is 430. The van der Waals surface area contributed by atoms with Crippen molar-refractivity contribution in [1.29, 1.82) is 0 Å². The predicted octanol–water partition coefficient (Wildman–Crippen LogP) is 2.00. The predicted molar refractivity (Wildman–Crippen MR) is 83.3 cm³/mol. The van der Waals surface area contributed by atoms with Crippen LogP contribution in [0.15, 0.2) is 0 Å². The van der Waals surface area contributed by atoms with Gasteiger partial charge in [-0.05, 0) is 25.3 Å². The highest BCUT2D eigenvalue weighted by Gasteiger charge is 2.30. The van der Waals surface area contributed by atoms with E-state index < -0.39 is 0 Å². The highest BCUT2D eigenvalue weighted by atomic mass is 16.1. The van der Waals surface area contributed by atoms with Gasteiger partial charge in [0.2, 0.25) is 0 Å². The lowest BCUT2D eigenvalue weighted by molar-refractivity contribution is -0.131. The van der Waals surface area contributed by atoms with E-state index in [1.54, 1.807) is 0 Å².